The number of benzene rings is 1. The Morgan fingerprint density at radius 1 is 1.04 bits per heavy atom. The van der Waals surface area contributed by atoms with Gasteiger partial charge in [-0.1, -0.05) is 19.3 Å². The molecule has 0 radical (unpaired) electrons. The summed E-state index contributed by atoms with van der Waals surface area (Å²) in [6.07, 6.45) is 9.74. The molecule has 0 unspecified atom stereocenters. The quantitative estimate of drug-likeness (QED) is 0.844. The van der Waals surface area contributed by atoms with Crippen LogP contribution < -0.4 is 10.2 Å². The van der Waals surface area contributed by atoms with Gasteiger partial charge >= 0.3 is 0 Å². The van der Waals surface area contributed by atoms with Crippen LogP contribution in [0.15, 0.2) is 18.2 Å². The van der Waals surface area contributed by atoms with Gasteiger partial charge in [-0.05, 0) is 76.3 Å². The summed E-state index contributed by atoms with van der Waals surface area (Å²) in [4.78, 5) is 17.8. The molecule has 148 valence electrons. The second-order valence-corrected chi connectivity index (χ2v) is 8.94. The third-order valence-corrected chi connectivity index (χ3v) is 7.05. The molecule has 2 saturated heterocycles. The van der Waals surface area contributed by atoms with Gasteiger partial charge in [-0.3, -0.25) is 9.69 Å². The molecule has 1 saturated carbocycles. The van der Waals surface area contributed by atoms with Crippen LogP contribution >= 0.6 is 0 Å². The summed E-state index contributed by atoms with van der Waals surface area (Å²) in [5.41, 5.74) is 3.46. The van der Waals surface area contributed by atoms with Crippen LogP contribution in [0.2, 0.25) is 0 Å². The van der Waals surface area contributed by atoms with E-state index in [1.165, 1.54) is 56.3 Å². The van der Waals surface area contributed by atoms with Crippen LogP contribution in [0.5, 0.6) is 0 Å². The Morgan fingerprint density at radius 3 is 2.56 bits per heavy atom. The normalized spacial score (nSPS) is 27.3. The predicted octanol–water partition coefficient (Wildman–Crippen LogP) is 4.58. The number of hydrogen-bond donors (Lipinski definition) is 1. The highest BCUT2D eigenvalue weighted by Gasteiger charge is 2.33. The number of amides is 1. The molecule has 0 aromatic heterocycles. The van der Waals surface area contributed by atoms with Crippen molar-refractivity contribution in [3.8, 4) is 0 Å². The summed E-state index contributed by atoms with van der Waals surface area (Å²) in [5, 5.41) is 3.19. The van der Waals surface area contributed by atoms with E-state index in [0.29, 0.717) is 6.04 Å². The number of carbonyl (C=O) groups excluding carboxylic acids is 1. The van der Waals surface area contributed by atoms with Crippen LogP contribution in [-0.2, 0) is 4.79 Å². The number of nitrogens with one attached hydrogen (secondary N) is 1. The highest BCUT2D eigenvalue weighted by molar-refractivity contribution is 5.93. The first-order valence-electron chi connectivity index (χ1n) is 11.0. The second-order valence-electron chi connectivity index (χ2n) is 8.94. The fourth-order valence-corrected chi connectivity index (χ4v) is 5.33. The lowest BCUT2D eigenvalue weighted by Crippen LogP contribution is -2.39. The van der Waals surface area contributed by atoms with E-state index >= 15 is 0 Å². The molecule has 27 heavy (non-hydrogen) atoms. The molecule has 1 aromatic rings. The standard InChI is InChI=1S/C23H35N3O/c1-17-15-20(25-14-12-21(16-25)26-13-6-7-18(26)2)10-11-22(17)24-23(27)19-8-4-3-5-9-19/h10-11,15,18-19,21H,3-9,12-14,16H2,1-2H3,(H,24,27)/t18-,21+/m0/s1. The number of aryl methyl sites for hydroxylation is 1. The minimum absolute atomic E-state index is 0.208. The zero-order valence-electron chi connectivity index (χ0n) is 17.0. The molecule has 1 N–H and O–H groups in total. The zero-order chi connectivity index (χ0) is 18.8. The molecule has 0 spiro atoms. The first-order chi connectivity index (χ1) is 13.1. The topological polar surface area (TPSA) is 35.6 Å². The Balaban J connectivity index is 1.37. The van der Waals surface area contributed by atoms with Gasteiger partial charge in [0.25, 0.3) is 0 Å². The molecule has 4 nitrogen and oxygen atoms in total. The predicted molar refractivity (Wildman–Crippen MR) is 112 cm³/mol. The SMILES string of the molecule is Cc1cc(N2CC[C@@H](N3CCC[C@@H]3C)C2)ccc1NC(=O)C1CCCCC1. The Labute approximate surface area is 164 Å². The molecular formula is C23H35N3O. The lowest BCUT2D eigenvalue weighted by Gasteiger charge is -2.29. The van der Waals surface area contributed by atoms with Gasteiger partial charge in [-0.25, -0.2) is 0 Å². The molecule has 2 heterocycles. The Morgan fingerprint density at radius 2 is 1.85 bits per heavy atom. The third kappa shape index (κ3) is 4.16. The third-order valence-electron chi connectivity index (χ3n) is 7.05. The van der Waals surface area contributed by atoms with Gasteiger partial charge in [0, 0.05) is 42.5 Å². The number of hydrogen-bond acceptors (Lipinski definition) is 3. The van der Waals surface area contributed by atoms with Crippen LogP contribution in [0.25, 0.3) is 0 Å². The molecule has 3 fully saturated rings. The largest absolute Gasteiger partial charge is 0.370 e. The summed E-state index contributed by atoms with van der Waals surface area (Å²) in [6, 6.07) is 8.01. The summed E-state index contributed by atoms with van der Waals surface area (Å²) < 4.78 is 0. The van der Waals surface area contributed by atoms with Crippen molar-refractivity contribution >= 4 is 17.3 Å². The van der Waals surface area contributed by atoms with Crippen LogP contribution in [0.1, 0.15) is 63.9 Å². The van der Waals surface area contributed by atoms with E-state index in [1.807, 2.05) is 0 Å². The van der Waals surface area contributed by atoms with Crippen molar-refractivity contribution < 1.29 is 4.79 Å². The molecule has 2 atom stereocenters. The van der Waals surface area contributed by atoms with Gasteiger partial charge in [0.05, 0.1) is 0 Å². The van der Waals surface area contributed by atoms with Crippen LogP contribution in [-0.4, -0.2) is 42.5 Å². The maximum atomic E-state index is 12.6. The fourth-order valence-electron chi connectivity index (χ4n) is 5.33. The van der Waals surface area contributed by atoms with Crippen molar-refractivity contribution in [2.45, 2.75) is 77.3 Å². The minimum Gasteiger partial charge on any atom is -0.370 e. The van der Waals surface area contributed by atoms with E-state index in [1.54, 1.807) is 0 Å². The smallest absolute Gasteiger partial charge is 0.227 e. The molecule has 4 heteroatoms. The molecule has 1 aliphatic carbocycles. The van der Waals surface area contributed by atoms with Gasteiger partial charge in [0.2, 0.25) is 5.91 Å². The van der Waals surface area contributed by atoms with Crippen molar-refractivity contribution in [1.82, 2.24) is 4.90 Å². The van der Waals surface area contributed by atoms with Gasteiger partial charge in [-0.15, -0.1) is 0 Å². The van der Waals surface area contributed by atoms with Gasteiger partial charge in [-0.2, -0.15) is 0 Å². The number of anilines is 2. The monoisotopic (exact) mass is 369 g/mol. The highest BCUT2D eigenvalue weighted by Crippen LogP contribution is 2.31. The second kappa shape index (κ2) is 8.22. The number of nitrogens with zero attached hydrogens (tertiary/aromatic N) is 2. The Bertz CT molecular complexity index is 668. The van der Waals surface area contributed by atoms with E-state index in [0.717, 1.165) is 37.7 Å². The van der Waals surface area contributed by atoms with Crippen LogP contribution in [0.4, 0.5) is 11.4 Å². The van der Waals surface area contributed by atoms with E-state index < -0.39 is 0 Å². The summed E-state index contributed by atoms with van der Waals surface area (Å²) in [5.74, 6) is 0.425. The minimum atomic E-state index is 0.208. The number of likely N-dealkylation sites (tertiary alicyclic amines) is 1. The maximum Gasteiger partial charge on any atom is 0.227 e. The van der Waals surface area contributed by atoms with E-state index in [2.05, 4.69) is 47.2 Å². The van der Waals surface area contributed by atoms with Crippen molar-refractivity contribution in [2.75, 3.05) is 29.9 Å². The maximum absolute atomic E-state index is 12.6. The molecule has 2 aliphatic heterocycles. The van der Waals surface area contributed by atoms with E-state index in [4.69, 9.17) is 0 Å². The van der Waals surface area contributed by atoms with E-state index in [-0.39, 0.29) is 11.8 Å². The van der Waals surface area contributed by atoms with Gasteiger partial charge in [0.15, 0.2) is 0 Å². The summed E-state index contributed by atoms with van der Waals surface area (Å²) in [6.45, 7) is 8.04. The molecule has 0 bridgehead atoms. The first-order valence-corrected chi connectivity index (χ1v) is 11.0. The van der Waals surface area contributed by atoms with Crippen LogP contribution in [0, 0.1) is 12.8 Å². The first kappa shape index (κ1) is 18.8. The average molecular weight is 370 g/mol. The van der Waals surface area contributed by atoms with Crippen molar-refractivity contribution in [1.29, 1.82) is 0 Å². The van der Waals surface area contributed by atoms with Gasteiger partial charge < -0.3 is 10.2 Å². The van der Waals surface area contributed by atoms with Crippen molar-refractivity contribution in [2.24, 2.45) is 5.92 Å². The molecular weight excluding hydrogens is 334 g/mol. The number of rotatable bonds is 4. The number of carbonyl (C=O) groups is 1. The van der Waals surface area contributed by atoms with Crippen molar-refractivity contribution in [3.05, 3.63) is 23.8 Å². The molecule has 3 aliphatic rings. The van der Waals surface area contributed by atoms with Crippen LogP contribution in [0.3, 0.4) is 0 Å². The lowest BCUT2D eigenvalue weighted by atomic mass is 9.88. The zero-order valence-corrected chi connectivity index (χ0v) is 17.0. The van der Waals surface area contributed by atoms with Gasteiger partial charge in [0.1, 0.15) is 0 Å². The fraction of sp³-hybridized carbons (Fsp3) is 0.696. The molecule has 1 aromatic carbocycles. The summed E-state index contributed by atoms with van der Waals surface area (Å²) >= 11 is 0. The summed E-state index contributed by atoms with van der Waals surface area (Å²) in [7, 11) is 0. The van der Waals surface area contributed by atoms with Crippen molar-refractivity contribution in [3.63, 3.8) is 0 Å². The van der Waals surface area contributed by atoms with E-state index in [9.17, 15) is 4.79 Å². The Hall–Kier alpha value is -1.55. The Kier molecular flexibility index (Phi) is 5.72. The lowest BCUT2D eigenvalue weighted by molar-refractivity contribution is -0.120. The average Bonchev–Trinajstić information content (AvgIpc) is 3.33. The highest BCUT2D eigenvalue weighted by atomic mass is 16.1. The molecule has 4 rings (SSSR count). The molecule has 1 amide bonds.